The van der Waals surface area contributed by atoms with E-state index >= 15 is 0 Å². The summed E-state index contributed by atoms with van der Waals surface area (Å²) >= 11 is 0. The standard InChI is InChI=1S/C46H31F3/c1-46(2,3)34-18-16-26(17-19-34)43-35-8-4-6-10-37(35)44(38-11-7-5-9-36(38)43)33-22-29-14-12-27-20-31(32-24-39(47)45(49)40(48)25-32)21-28-13-15-30(23-33)42(29)41(27)28/h4-25H,1-3H3. The monoisotopic (exact) mass is 640 g/mol. The second-order valence-corrected chi connectivity index (χ2v) is 14.1. The molecule has 236 valence electrons. The molecule has 0 nitrogen and oxygen atoms in total. The maximum atomic E-state index is 14.1. The van der Waals surface area contributed by atoms with Crippen LogP contribution in [-0.4, -0.2) is 0 Å². The quantitative estimate of drug-likeness (QED) is 0.102. The van der Waals surface area contributed by atoms with Crippen LogP contribution in [0.4, 0.5) is 13.2 Å². The molecule has 0 amide bonds. The van der Waals surface area contributed by atoms with E-state index in [1.54, 1.807) is 0 Å². The van der Waals surface area contributed by atoms with Crippen molar-refractivity contribution in [3.8, 4) is 33.4 Å². The number of fused-ring (bicyclic) bond motifs is 2. The van der Waals surface area contributed by atoms with E-state index in [1.807, 2.05) is 12.1 Å². The van der Waals surface area contributed by atoms with E-state index in [0.717, 1.165) is 50.0 Å². The summed E-state index contributed by atoms with van der Waals surface area (Å²) in [6.45, 7) is 6.73. The minimum absolute atomic E-state index is 0.0765. The molecule has 0 fully saturated rings. The highest BCUT2D eigenvalue weighted by Gasteiger charge is 2.20. The Labute approximate surface area is 282 Å². The van der Waals surface area contributed by atoms with Crippen molar-refractivity contribution in [2.75, 3.05) is 0 Å². The van der Waals surface area contributed by atoms with Gasteiger partial charge in [0.1, 0.15) is 0 Å². The summed E-state index contributed by atoms with van der Waals surface area (Å²) in [6.07, 6.45) is 0. The molecule has 0 saturated carbocycles. The molecule has 9 rings (SSSR count). The molecule has 0 spiro atoms. The van der Waals surface area contributed by atoms with Gasteiger partial charge in [-0.3, -0.25) is 0 Å². The predicted molar refractivity (Wildman–Crippen MR) is 200 cm³/mol. The van der Waals surface area contributed by atoms with Crippen LogP contribution in [0.1, 0.15) is 26.3 Å². The lowest BCUT2D eigenvalue weighted by atomic mass is 9.83. The van der Waals surface area contributed by atoms with Gasteiger partial charge in [-0.05, 0) is 135 Å². The first-order chi connectivity index (χ1) is 23.7. The number of halogens is 3. The number of hydrogen-bond acceptors (Lipinski definition) is 0. The van der Waals surface area contributed by atoms with Crippen LogP contribution in [0.2, 0.25) is 0 Å². The van der Waals surface area contributed by atoms with E-state index < -0.39 is 17.5 Å². The molecule has 0 aromatic heterocycles. The zero-order valence-electron chi connectivity index (χ0n) is 27.3. The summed E-state index contributed by atoms with van der Waals surface area (Å²) in [5, 5.41) is 11.2. The first-order valence-electron chi connectivity index (χ1n) is 16.6. The largest absolute Gasteiger partial charge is 0.204 e. The van der Waals surface area contributed by atoms with Crippen LogP contribution in [0.5, 0.6) is 0 Å². The third-order valence-corrected chi connectivity index (χ3v) is 10.1. The lowest BCUT2D eigenvalue weighted by Gasteiger charge is -2.21. The van der Waals surface area contributed by atoms with Crippen LogP contribution < -0.4 is 0 Å². The van der Waals surface area contributed by atoms with Gasteiger partial charge in [-0.1, -0.05) is 118 Å². The average molecular weight is 641 g/mol. The Kier molecular flexibility index (Phi) is 6.42. The van der Waals surface area contributed by atoms with Crippen molar-refractivity contribution in [3.63, 3.8) is 0 Å². The third-order valence-electron chi connectivity index (χ3n) is 10.1. The molecule has 0 aliphatic heterocycles. The number of hydrogen-bond donors (Lipinski definition) is 0. The molecule has 3 heteroatoms. The van der Waals surface area contributed by atoms with Gasteiger partial charge in [-0.25, -0.2) is 13.2 Å². The average Bonchev–Trinajstić information content (AvgIpc) is 3.10. The van der Waals surface area contributed by atoms with Crippen molar-refractivity contribution in [1.82, 2.24) is 0 Å². The number of rotatable bonds is 3. The van der Waals surface area contributed by atoms with Gasteiger partial charge >= 0.3 is 0 Å². The molecule has 9 aromatic rings. The Bertz CT molecular complexity index is 2620. The number of benzene rings is 9. The van der Waals surface area contributed by atoms with E-state index in [1.165, 1.54) is 43.8 Å². The Morgan fingerprint density at radius 1 is 0.388 bits per heavy atom. The first-order valence-corrected chi connectivity index (χ1v) is 16.6. The summed E-state index contributed by atoms with van der Waals surface area (Å²) in [5.41, 5.74) is 7.11. The molecule has 9 aromatic carbocycles. The van der Waals surface area contributed by atoms with Crippen LogP contribution in [0, 0.1) is 17.5 Å². The maximum absolute atomic E-state index is 14.1. The SMILES string of the molecule is CC(C)(C)c1ccc(-c2c3ccccc3c(-c3cc4ccc5cc(-c6cc(F)c(F)c(F)c6)cc6ccc(c3)c4c56)c3ccccc23)cc1. The lowest BCUT2D eigenvalue weighted by Crippen LogP contribution is -2.10. The summed E-state index contributed by atoms with van der Waals surface area (Å²) < 4.78 is 42.0. The van der Waals surface area contributed by atoms with Gasteiger partial charge in [-0.15, -0.1) is 0 Å². The molecule has 49 heavy (non-hydrogen) atoms. The highest BCUT2D eigenvalue weighted by molar-refractivity contribution is 6.26. The van der Waals surface area contributed by atoms with Crippen molar-refractivity contribution < 1.29 is 13.2 Å². The minimum atomic E-state index is -1.46. The molecular weight excluding hydrogens is 610 g/mol. The molecule has 0 bridgehead atoms. The zero-order chi connectivity index (χ0) is 33.6. The molecule has 0 saturated heterocycles. The third kappa shape index (κ3) is 4.60. The smallest absolute Gasteiger partial charge is 0.194 e. The summed E-state index contributed by atoms with van der Waals surface area (Å²) in [5.74, 6) is -3.85. The fraction of sp³-hybridized carbons (Fsp3) is 0.0870. The van der Waals surface area contributed by atoms with Crippen LogP contribution in [0.3, 0.4) is 0 Å². The molecular formula is C46H31F3. The Morgan fingerprint density at radius 2 is 0.755 bits per heavy atom. The van der Waals surface area contributed by atoms with Crippen molar-refractivity contribution in [3.05, 3.63) is 156 Å². The van der Waals surface area contributed by atoms with Gasteiger partial charge in [0, 0.05) is 0 Å². The van der Waals surface area contributed by atoms with Crippen molar-refractivity contribution in [2.45, 2.75) is 26.2 Å². The van der Waals surface area contributed by atoms with Crippen LogP contribution >= 0.6 is 0 Å². The molecule has 0 unspecified atom stereocenters. The maximum Gasteiger partial charge on any atom is 0.194 e. The van der Waals surface area contributed by atoms with Gasteiger partial charge in [0.15, 0.2) is 17.5 Å². The normalized spacial score (nSPS) is 12.3. The van der Waals surface area contributed by atoms with Gasteiger partial charge in [0.25, 0.3) is 0 Å². The fourth-order valence-corrected chi connectivity index (χ4v) is 7.76. The molecule has 0 radical (unpaired) electrons. The highest BCUT2D eigenvalue weighted by Crippen LogP contribution is 2.46. The van der Waals surface area contributed by atoms with E-state index in [0.29, 0.717) is 11.1 Å². The Hall–Kier alpha value is -5.67. The molecule has 0 aliphatic rings. The lowest BCUT2D eigenvalue weighted by molar-refractivity contribution is 0.448. The van der Waals surface area contributed by atoms with Crippen LogP contribution in [0.15, 0.2) is 133 Å². The van der Waals surface area contributed by atoms with Crippen LogP contribution in [0.25, 0.3) is 87.2 Å². The Balaban J connectivity index is 1.27. The summed E-state index contributed by atoms with van der Waals surface area (Å²) in [6, 6.07) is 45.4. The second-order valence-electron chi connectivity index (χ2n) is 14.1. The van der Waals surface area contributed by atoms with Crippen molar-refractivity contribution in [2.24, 2.45) is 0 Å². The van der Waals surface area contributed by atoms with Gasteiger partial charge in [0.05, 0.1) is 0 Å². The predicted octanol–water partition coefficient (Wildman–Crippen LogP) is 13.6. The van der Waals surface area contributed by atoms with Crippen molar-refractivity contribution >= 4 is 53.9 Å². The Morgan fingerprint density at radius 3 is 1.16 bits per heavy atom. The zero-order valence-corrected chi connectivity index (χ0v) is 27.3. The fourth-order valence-electron chi connectivity index (χ4n) is 7.76. The summed E-state index contributed by atoms with van der Waals surface area (Å²) in [4.78, 5) is 0. The van der Waals surface area contributed by atoms with Crippen molar-refractivity contribution in [1.29, 1.82) is 0 Å². The molecule has 0 N–H and O–H groups in total. The van der Waals surface area contributed by atoms with Gasteiger partial charge < -0.3 is 0 Å². The van der Waals surface area contributed by atoms with Gasteiger partial charge in [-0.2, -0.15) is 0 Å². The van der Waals surface area contributed by atoms with Crippen LogP contribution in [-0.2, 0) is 5.41 Å². The highest BCUT2D eigenvalue weighted by atomic mass is 19.2. The van der Waals surface area contributed by atoms with E-state index in [9.17, 15) is 13.2 Å². The molecule has 0 aliphatic carbocycles. The summed E-state index contributed by atoms with van der Waals surface area (Å²) in [7, 11) is 0. The van der Waals surface area contributed by atoms with E-state index in [4.69, 9.17) is 0 Å². The molecule has 0 atom stereocenters. The molecule has 0 heterocycles. The minimum Gasteiger partial charge on any atom is -0.204 e. The van der Waals surface area contributed by atoms with Gasteiger partial charge in [0.2, 0.25) is 0 Å². The topological polar surface area (TPSA) is 0 Å². The second kappa shape index (κ2) is 10.7. The van der Waals surface area contributed by atoms with E-state index in [-0.39, 0.29) is 5.41 Å². The van der Waals surface area contributed by atoms with E-state index in [2.05, 4.69) is 130 Å². The first kappa shape index (κ1) is 29.5.